The smallest absolute Gasteiger partial charge is 0.392 e. The summed E-state index contributed by atoms with van der Waals surface area (Å²) in [7, 11) is 0. The van der Waals surface area contributed by atoms with E-state index in [-0.39, 0.29) is 17.4 Å². The predicted molar refractivity (Wildman–Crippen MR) is 103 cm³/mol. The lowest BCUT2D eigenvalue weighted by Gasteiger charge is -2.36. The number of H-pyrrole nitrogens is 1. The SMILES string of the molecule is OC1CCN(c2ccnc(-c3cnc4cnc(C(F)(F)F)cn34)n2)CC1c1cn[nH]c1. The van der Waals surface area contributed by atoms with Crippen molar-refractivity contribution in [3.63, 3.8) is 0 Å². The Morgan fingerprint density at radius 2 is 2.00 bits per heavy atom. The second kappa shape index (κ2) is 7.30. The molecule has 4 aromatic heterocycles. The number of imidazole rings is 1. The summed E-state index contributed by atoms with van der Waals surface area (Å²) in [5.74, 6) is 0.725. The van der Waals surface area contributed by atoms with Gasteiger partial charge in [-0.25, -0.2) is 19.9 Å². The third-order valence-corrected chi connectivity index (χ3v) is 5.40. The Balaban J connectivity index is 1.48. The summed E-state index contributed by atoms with van der Waals surface area (Å²) in [4.78, 5) is 18.4. The number of alkyl halides is 3. The van der Waals surface area contributed by atoms with Gasteiger partial charge in [0, 0.05) is 37.6 Å². The Hall–Kier alpha value is -3.54. The lowest BCUT2D eigenvalue weighted by atomic mass is 9.90. The lowest BCUT2D eigenvalue weighted by molar-refractivity contribution is -0.141. The molecule has 2 atom stereocenters. The summed E-state index contributed by atoms with van der Waals surface area (Å²) in [5.41, 5.74) is 0.468. The minimum atomic E-state index is -4.57. The van der Waals surface area contributed by atoms with E-state index in [4.69, 9.17) is 0 Å². The number of rotatable bonds is 3. The minimum absolute atomic E-state index is 0.137. The number of anilines is 1. The maximum Gasteiger partial charge on any atom is 0.434 e. The molecule has 12 heteroatoms. The molecular formula is C19H17F3N8O. The van der Waals surface area contributed by atoms with Crippen molar-refractivity contribution in [2.24, 2.45) is 0 Å². The van der Waals surface area contributed by atoms with E-state index in [1.165, 1.54) is 10.6 Å². The number of hydrogen-bond donors (Lipinski definition) is 2. The fourth-order valence-corrected chi connectivity index (χ4v) is 3.79. The van der Waals surface area contributed by atoms with Gasteiger partial charge in [0.2, 0.25) is 0 Å². The Labute approximate surface area is 173 Å². The average molecular weight is 430 g/mol. The van der Waals surface area contributed by atoms with Crippen molar-refractivity contribution >= 4 is 11.5 Å². The van der Waals surface area contributed by atoms with Crippen LogP contribution in [0.5, 0.6) is 0 Å². The van der Waals surface area contributed by atoms with Crippen LogP contribution < -0.4 is 4.90 Å². The quantitative estimate of drug-likeness (QED) is 0.513. The normalized spacial score (nSPS) is 19.8. The second-order valence-corrected chi connectivity index (χ2v) is 7.32. The van der Waals surface area contributed by atoms with Gasteiger partial charge in [-0.05, 0) is 18.1 Å². The van der Waals surface area contributed by atoms with Crippen LogP contribution in [0.15, 0.2) is 43.2 Å². The molecule has 2 N–H and O–H groups in total. The van der Waals surface area contributed by atoms with Gasteiger partial charge in [-0.2, -0.15) is 18.3 Å². The van der Waals surface area contributed by atoms with Gasteiger partial charge in [0.1, 0.15) is 11.5 Å². The average Bonchev–Trinajstić information content (AvgIpc) is 3.43. The zero-order chi connectivity index (χ0) is 21.6. The summed E-state index contributed by atoms with van der Waals surface area (Å²) >= 11 is 0. The van der Waals surface area contributed by atoms with Gasteiger partial charge in [-0.15, -0.1) is 0 Å². The highest BCUT2D eigenvalue weighted by Crippen LogP contribution is 2.31. The molecule has 9 nitrogen and oxygen atoms in total. The minimum Gasteiger partial charge on any atom is -0.392 e. The highest BCUT2D eigenvalue weighted by molar-refractivity contribution is 5.58. The number of fused-ring (bicyclic) bond motifs is 1. The van der Waals surface area contributed by atoms with Gasteiger partial charge in [0.05, 0.1) is 24.7 Å². The molecule has 1 saturated heterocycles. The molecule has 0 aliphatic carbocycles. The molecule has 160 valence electrons. The standard InChI is InChI=1S/C19H17F3N8O/c20-19(21,22)15-10-30-13(7-25-17(30)8-24-15)18-23-3-1-16(28-18)29-4-2-14(31)12(9-29)11-5-26-27-6-11/h1,3,5-8,10,12,14,31H,2,4,9H2,(H,26,27). The largest absolute Gasteiger partial charge is 0.434 e. The number of halogens is 3. The molecule has 0 aromatic carbocycles. The Morgan fingerprint density at radius 1 is 1.13 bits per heavy atom. The van der Waals surface area contributed by atoms with Gasteiger partial charge in [-0.1, -0.05) is 0 Å². The number of aromatic nitrogens is 7. The van der Waals surface area contributed by atoms with Crippen LogP contribution >= 0.6 is 0 Å². The van der Waals surface area contributed by atoms with Gasteiger partial charge in [0.25, 0.3) is 0 Å². The van der Waals surface area contributed by atoms with Gasteiger partial charge in [0.15, 0.2) is 17.2 Å². The molecule has 5 heterocycles. The second-order valence-electron chi connectivity index (χ2n) is 7.32. The number of hydrogen-bond acceptors (Lipinski definition) is 7. The fraction of sp³-hybridized carbons (Fsp3) is 0.316. The van der Waals surface area contributed by atoms with Crippen molar-refractivity contribution < 1.29 is 18.3 Å². The molecule has 1 aliphatic heterocycles. The van der Waals surface area contributed by atoms with Crippen LogP contribution in [-0.2, 0) is 6.18 Å². The molecule has 0 spiro atoms. The topological polar surface area (TPSA) is 108 Å². The first-order valence-corrected chi connectivity index (χ1v) is 9.55. The first-order valence-electron chi connectivity index (χ1n) is 9.55. The molecule has 0 amide bonds. The van der Waals surface area contributed by atoms with E-state index in [9.17, 15) is 18.3 Å². The van der Waals surface area contributed by atoms with E-state index in [1.54, 1.807) is 24.7 Å². The van der Waals surface area contributed by atoms with Crippen molar-refractivity contribution in [3.8, 4) is 11.5 Å². The van der Waals surface area contributed by atoms with Crippen molar-refractivity contribution in [1.82, 2.24) is 34.5 Å². The molecule has 1 aliphatic rings. The molecule has 4 aromatic rings. The fourth-order valence-electron chi connectivity index (χ4n) is 3.79. The third kappa shape index (κ3) is 3.58. The molecule has 1 fully saturated rings. The lowest BCUT2D eigenvalue weighted by Crippen LogP contribution is -2.42. The van der Waals surface area contributed by atoms with E-state index >= 15 is 0 Å². The highest BCUT2D eigenvalue weighted by Gasteiger charge is 2.33. The number of nitrogens with one attached hydrogen (secondary N) is 1. The molecule has 5 rings (SSSR count). The zero-order valence-electron chi connectivity index (χ0n) is 16.0. The van der Waals surface area contributed by atoms with E-state index in [0.717, 1.165) is 18.0 Å². The maximum atomic E-state index is 13.1. The summed E-state index contributed by atoms with van der Waals surface area (Å²) in [6.07, 6.45) is 3.85. The first-order chi connectivity index (χ1) is 14.9. The number of piperidine rings is 1. The van der Waals surface area contributed by atoms with Crippen molar-refractivity contribution in [1.29, 1.82) is 0 Å². The molecule has 0 saturated carbocycles. The molecule has 0 radical (unpaired) electrons. The molecular weight excluding hydrogens is 413 g/mol. The number of aliphatic hydroxyl groups is 1. The van der Waals surface area contributed by atoms with Crippen LogP contribution in [-0.4, -0.2) is 58.8 Å². The van der Waals surface area contributed by atoms with Gasteiger partial charge in [-0.3, -0.25) is 9.50 Å². The molecule has 0 bridgehead atoms. The Kier molecular flexibility index (Phi) is 4.58. The monoisotopic (exact) mass is 430 g/mol. The van der Waals surface area contributed by atoms with E-state index < -0.39 is 18.0 Å². The number of aliphatic hydroxyl groups excluding tert-OH is 1. The summed E-state index contributed by atoms with van der Waals surface area (Å²) in [5, 5.41) is 17.1. The zero-order valence-corrected chi connectivity index (χ0v) is 16.0. The number of aromatic amines is 1. The first kappa shape index (κ1) is 19.4. The van der Waals surface area contributed by atoms with Crippen LogP contribution in [0.3, 0.4) is 0 Å². The van der Waals surface area contributed by atoms with E-state index in [0.29, 0.717) is 31.0 Å². The van der Waals surface area contributed by atoms with E-state index in [1.807, 2.05) is 4.90 Å². The van der Waals surface area contributed by atoms with Crippen LogP contribution in [0.25, 0.3) is 17.2 Å². The van der Waals surface area contributed by atoms with Crippen molar-refractivity contribution in [2.75, 3.05) is 18.0 Å². The van der Waals surface area contributed by atoms with E-state index in [2.05, 4.69) is 30.1 Å². The summed E-state index contributed by atoms with van der Waals surface area (Å²) < 4.78 is 40.5. The highest BCUT2D eigenvalue weighted by atomic mass is 19.4. The summed E-state index contributed by atoms with van der Waals surface area (Å²) in [6.45, 7) is 1.10. The third-order valence-electron chi connectivity index (χ3n) is 5.40. The Morgan fingerprint density at radius 3 is 2.77 bits per heavy atom. The number of nitrogens with zero attached hydrogens (tertiary/aromatic N) is 7. The van der Waals surface area contributed by atoms with Crippen LogP contribution in [0.1, 0.15) is 23.6 Å². The van der Waals surface area contributed by atoms with Crippen LogP contribution in [0.2, 0.25) is 0 Å². The summed E-state index contributed by atoms with van der Waals surface area (Å²) in [6, 6.07) is 1.74. The van der Waals surface area contributed by atoms with Gasteiger partial charge < -0.3 is 10.0 Å². The van der Waals surface area contributed by atoms with Crippen molar-refractivity contribution in [3.05, 3.63) is 54.5 Å². The van der Waals surface area contributed by atoms with Crippen LogP contribution in [0, 0.1) is 0 Å². The van der Waals surface area contributed by atoms with Crippen molar-refractivity contribution in [2.45, 2.75) is 24.6 Å². The molecule has 2 unspecified atom stereocenters. The Bertz CT molecular complexity index is 1210. The van der Waals surface area contributed by atoms with Crippen LogP contribution in [0.4, 0.5) is 19.0 Å². The maximum absolute atomic E-state index is 13.1. The predicted octanol–water partition coefficient (Wildman–Crippen LogP) is 2.28. The molecule has 31 heavy (non-hydrogen) atoms. The van der Waals surface area contributed by atoms with Gasteiger partial charge >= 0.3 is 6.18 Å².